The van der Waals surface area contributed by atoms with Gasteiger partial charge in [-0.2, -0.15) is 0 Å². The predicted molar refractivity (Wildman–Crippen MR) is 128 cm³/mol. The first kappa shape index (κ1) is 23.3. The summed E-state index contributed by atoms with van der Waals surface area (Å²) in [7, 11) is -3.74. The molecule has 3 aromatic rings. The van der Waals surface area contributed by atoms with E-state index in [-0.39, 0.29) is 10.8 Å². The van der Waals surface area contributed by atoms with Crippen molar-refractivity contribution in [1.82, 2.24) is 0 Å². The number of hydrogen-bond acceptors (Lipinski definition) is 4. The van der Waals surface area contributed by atoms with E-state index >= 15 is 0 Å². The molecule has 0 unspecified atom stereocenters. The van der Waals surface area contributed by atoms with Crippen LogP contribution in [0.1, 0.15) is 29.2 Å². The van der Waals surface area contributed by atoms with E-state index in [0.29, 0.717) is 17.1 Å². The van der Waals surface area contributed by atoms with Crippen molar-refractivity contribution in [3.8, 4) is 5.75 Å². The Kier molecular flexibility index (Phi) is 6.89. The largest absolute Gasteiger partial charge is 0.481 e. The Hall–Kier alpha value is -3.32. The molecule has 6 nitrogen and oxygen atoms in total. The van der Waals surface area contributed by atoms with Crippen LogP contribution in [-0.2, 0) is 14.8 Å². The summed E-state index contributed by atoms with van der Waals surface area (Å²) in [5.74, 6) is 0.293. The van der Waals surface area contributed by atoms with E-state index in [0.717, 1.165) is 22.3 Å². The van der Waals surface area contributed by atoms with E-state index in [2.05, 4.69) is 10.0 Å². The van der Waals surface area contributed by atoms with E-state index in [1.165, 1.54) is 12.1 Å². The molecule has 0 aliphatic heterocycles. The SMILES string of the molecule is Cc1ccc(NS(=O)(=O)c2ccc(NC(=O)[C@H](C)Oc3ccc(C)c(C)c3)cc2)cc1C. The van der Waals surface area contributed by atoms with Crippen LogP contribution in [0.5, 0.6) is 5.75 Å². The van der Waals surface area contributed by atoms with Crippen molar-refractivity contribution in [1.29, 1.82) is 0 Å². The van der Waals surface area contributed by atoms with Crippen molar-refractivity contribution in [3.05, 3.63) is 82.9 Å². The number of nitrogens with one attached hydrogen (secondary N) is 2. The van der Waals surface area contributed by atoms with Crippen LogP contribution in [0.2, 0.25) is 0 Å². The van der Waals surface area contributed by atoms with Crippen molar-refractivity contribution in [3.63, 3.8) is 0 Å². The van der Waals surface area contributed by atoms with Gasteiger partial charge in [0.05, 0.1) is 4.90 Å². The molecule has 0 aliphatic rings. The highest BCUT2D eigenvalue weighted by atomic mass is 32.2. The minimum absolute atomic E-state index is 0.105. The predicted octanol–water partition coefficient (Wildman–Crippen LogP) is 5.13. The molecule has 0 aliphatic carbocycles. The first-order chi connectivity index (χ1) is 15.0. The maximum atomic E-state index is 12.7. The smallest absolute Gasteiger partial charge is 0.265 e. The van der Waals surface area contributed by atoms with Gasteiger partial charge in [0.15, 0.2) is 6.10 Å². The molecule has 0 aromatic heterocycles. The third-order valence-corrected chi connectivity index (χ3v) is 6.75. The molecule has 168 valence electrons. The number of sulfonamides is 1. The topological polar surface area (TPSA) is 84.5 Å². The van der Waals surface area contributed by atoms with Gasteiger partial charge in [-0.05, 0) is 105 Å². The van der Waals surface area contributed by atoms with Gasteiger partial charge in [0.1, 0.15) is 5.75 Å². The molecule has 2 N–H and O–H groups in total. The van der Waals surface area contributed by atoms with Gasteiger partial charge in [0.25, 0.3) is 15.9 Å². The van der Waals surface area contributed by atoms with E-state index in [1.54, 1.807) is 31.2 Å². The normalized spacial score (nSPS) is 12.2. The summed E-state index contributed by atoms with van der Waals surface area (Å²) in [6.07, 6.45) is -0.716. The second-order valence-corrected chi connectivity index (χ2v) is 9.61. The fraction of sp³-hybridized carbons (Fsp3) is 0.240. The Bertz CT molecular complexity index is 1240. The number of anilines is 2. The molecule has 0 heterocycles. The molecule has 1 atom stereocenters. The first-order valence-corrected chi connectivity index (χ1v) is 11.8. The molecular formula is C25H28N2O4S. The molecule has 3 rings (SSSR count). The molecule has 32 heavy (non-hydrogen) atoms. The summed E-state index contributed by atoms with van der Waals surface area (Å²) in [4.78, 5) is 12.6. The van der Waals surface area contributed by atoms with E-state index in [9.17, 15) is 13.2 Å². The van der Waals surface area contributed by atoms with E-state index < -0.39 is 16.1 Å². The van der Waals surface area contributed by atoms with Crippen LogP contribution >= 0.6 is 0 Å². The molecule has 0 saturated carbocycles. The Morgan fingerprint density at radius 2 is 1.34 bits per heavy atom. The van der Waals surface area contributed by atoms with Gasteiger partial charge >= 0.3 is 0 Å². The van der Waals surface area contributed by atoms with Crippen LogP contribution in [0, 0.1) is 27.7 Å². The first-order valence-electron chi connectivity index (χ1n) is 10.3. The highest BCUT2D eigenvalue weighted by Crippen LogP contribution is 2.21. The van der Waals surface area contributed by atoms with Gasteiger partial charge in [-0.15, -0.1) is 0 Å². The number of ether oxygens (including phenoxy) is 1. The number of benzene rings is 3. The van der Waals surface area contributed by atoms with Gasteiger partial charge in [0.2, 0.25) is 0 Å². The second kappa shape index (κ2) is 9.44. The molecule has 0 bridgehead atoms. The molecule has 0 saturated heterocycles. The lowest BCUT2D eigenvalue weighted by atomic mass is 10.1. The average Bonchev–Trinajstić information content (AvgIpc) is 2.73. The fourth-order valence-corrected chi connectivity index (χ4v) is 4.07. The van der Waals surface area contributed by atoms with Crippen molar-refractivity contribution in [2.45, 2.75) is 45.6 Å². The highest BCUT2D eigenvalue weighted by molar-refractivity contribution is 7.92. The summed E-state index contributed by atoms with van der Waals surface area (Å²) in [6.45, 7) is 9.55. The van der Waals surface area contributed by atoms with Gasteiger partial charge in [-0.1, -0.05) is 12.1 Å². The van der Waals surface area contributed by atoms with Crippen molar-refractivity contribution < 1.29 is 17.9 Å². The third kappa shape index (κ3) is 5.68. The Morgan fingerprint density at radius 1 is 0.781 bits per heavy atom. The lowest BCUT2D eigenvalue weighted by molar-refractivity contribution is -0.122. The third-order valence-electron chi connectivity index (χ3n) is 5.35. The maximum absolute atomic E-state index is 12.7. The summed E-state index contributed by atoms with van der Waals surface area (Å²) in [6, 6.07) is 17.1. The minimum Gasteiger partial charge on any atom is -0.481 e. The van der Waals surface area contributed by atoms with E-state index in [4.69, 9.17) is 4.74 Å². The molecule has 0 fully saturated rings. The van der Waals surface area contributed by atoms with E-state index in [1.807, 2.05) is 52.0 Å². The van der Waals surface area contributed by atoms with Gasteiger partial charge in [0, 0.05) is 11.4 Å². The van der Waals surface area contributed by atoms with Crippen molar-refractivity contribution in [2.24, 2.45) is 0 Å². The summed E-state index contributed by atoms with van der Waals surface area (Å²) in [5.41, 5.74) is 5.31. The Balaban J connectivity index is 1.64. The van der Waals surface area contributed by atoms with Gasteiger partial charge in [-0.3, -0.25) is 9.52 Å². The zero-order valence-corrected chi connectivity index (χ0v) is 19.7. The van der Waals surface area contributed by atoms with Crippen LogP contribution in [0.25, 0.3) is 0 Å². The Morgan fingerprint density at radius 3 is 1.94 bits per heavy atom. The van der Waals surface area contributed by atoms with Crippen LogP contribution < -0.4 is 14.8 Å². The monoisotopic (exact) mass is 452 g/mol. The number of carbonyl (C=O) groups excluding carboxylic acids is 1. The molecule has 0 spiro atoms. The van der Waals surface area contributed by atoms with Crippen LogP contribution in [-0.4, -0.2) is 20.4 Å². The summed E-state index contributed by atoms with van der Waals surface area (Å²) in [5, 5.41) is 2.75. The van der Waals surface area contributed by atoms with Gasteiger partial charge in [-0.25, -0.2) is 8.42 Å². The molecule has 0 radical (unpaired) electrons. The molecule has 1 amide bonds. The average molecular weight is 453 g/mol. The summed E-state index contributed by atoms with van der Waals surface area (Å²) < 4.78 is 33.7. The molecule has 3 aromatic carbocycles. The number of aryl methyl sites for hydroxylation is 4. The number of amides is 1. The zero-order valence-electron chi connectivity index (χ0n) is 18.9. The standard InChI is InChI=1S/C25H28N2O4S/c1-16-6-8-22(14-18(16)3)27-32(29,30)24-12-9-21(10-13-24)26-25(28)20(5)31-23-11-7-17(2)19(4)15-23/h6-15,20,27H,1-5H3,(H,26,28)/t20-/m0/s1. The molecular weight excluding hydrogens is 424 g/mol. The number of carbonyl (C=O) groups is 1. The maximum Gasteiger partial charge on any atom is 0.265 e. The minimum atomic E-state index is -3.74. The van der Waals surface area contributed by atoms with Crippen LogP contribution in [0.3, 0.4) is 0 Å². The van der Waals surface area contributed by atoms with Crippen LogP contribution in [0.4, 0.5) is 11.4 Å². The lowest BCUT2D eigenvalue weighted by Gasteiger charge is -2.16. The fourth-order valence-electron chi connectivity index (χ4n) is 3.03. The van der Waals surface area contributed by atoms with Gasteiger partial charge < -0.3 is 10.1 Å². The van der Waals surface area contributed by atoms with Crippen molar-refractivity contribution in [2.75, 3.05) is 10.0 Å². The number of hydrogen-bond donors (Lipinski definition) is 2. The zero-order chi connectivity index (χ0) is 23.5. The quantitative estimate of drug-likeness (QED) is 0.521. The lowest BCUT2D eigenvalue weighted by Crippen LogP contribution is -2.30. The summed E-state index contributed by atoms with van der Waals surface area (Å²) >= 11 is 0. The highest BCUT2D eigenvalue weighted by Gasteiger charge is 2.17. The second-order valence-electron chi connectivity index (χ2n) is 7.92. The van der Waals surface area contributed by atoms with Crippen LogP contribution in [0.15, 0.2) is 65.6 Å². The van der Waals surface area contributed by atoms with Crippen molar-refractivity contribution >= 4 is 27.3 Å². The number of rotatable bonds is 7. The Labute approximate surface area is 189 Å². The molecule has 7 heteroatoms.